The SMILES string of the molecule is C=CCNC(=O)CNc1cccc(S(C)(=O)=O)c1OCC. The zero-order valence-corrected chi connectivity index (χ0v) is 13.0. The van der Waals surface area contributed by atoms with Crippen molar-refractivity contribution in [3.63, 3.8) is 0 Å². The molecule has 0 bridgehead atoms. The summed E-state index contributed by atoms with van der Waals surface area (Å²) in [6, 6.07) is 4.74. The molecule has 1 aromatic carbocycles. The van der Waals surface area contributed by atoms with Crippen LogP contribution in [0.4, 0.5) is 5.69 Å². The standard InChI is InChI=1S/C14H20N2O4S/c1-4-9-15-13(17)10-16-11-7-6-8-12(21(3,18)19)14(11)20-5-2/h4,6-8,16H,1,5,9-10H2,2-3H3,(H,15,17). The van der Waals surface area contributed by atoms with Crippen molar-refractivity contribution in [2.75, 3.05) is 31.3 Å². The highest BCUT2D eigenvalue weighted by Gasteiger charge is 2.18. The van der Waals surface area contributed by atoms with Gasteiger partial charge in [-0.05, 0) is 19.1 Å². The number of rotatable bonds is 8. The summed E-state index contributed by atoms with van der Waals surface area (Å²) in [4.78, 5) is 11.6. The predicted octanol–water partition coefficient (Wildman–Crippen LogP) is 1.20. The van der Waals surface area contributed by atoms with E-state index in [1.54, 1.807) is 25.1 Å². The molecule has 0 fully saturated rings. The van der Waals surface area contributed by atoms with Gasteiger partial charge in [-0.15, -0.1) is 6.58 Å². The van der Waals surface area contributed by atoms with Crippen LogP contribution in [0.1, 0.15) is 6.92 Å². The van der Waals surface area contributed by atoms with Crippen molar-refractivity contribution in [1.29, 1.82) is 0 Å². The van der Waals surface area contributed by atoms with Crippen LogP contribution in [0.15, 0.2) is 35.7 Å². The van der Waals surface area contributed by atoms with Gasteiger partial charge >= 0.3 is 0 Å². The van der Waals surface area contributed by atoms with Gasteiger partial charge in [-0.3, -0.25) is 4.79 Å². The van der Waals surface area contributed by atoms with Crippen LogP contribution in [0.5, 0.6) is 5.75 Å². The first-order valence-corrected chi connectivity index (χ1v) is 8.36. The number of hydrogen-bond acceptors (Lipinski definition) is 5. The highest BCUT2D eigenvalue weighted by molar-refractivity contribution is 7.90. The first-order chi connectivity index (χ1) is 9.90. The Morgan fingerprint density at radius 2 is 2.14 bits per heavy atom. The van der Waals surface area contributed by atoms with Crippen molar-refractivity contribution < 1.29 is 17.9 Å². The quantitative estimate of drug-likeness (QED) is 0.705. The van der Waals surface area contributed by atoms with E-state index in [2.05, 4.69) is 17.2 Å². The fraction of sp³-hybridized carbons (Fsp3) is 0.357. The lowest BCUT2D eigenvalue weighted by molar-refractivity contribution is -0.119. The van der Waals surface area contributed by atoms with Gasteiger partial charge in [0.1, 0.15) is 4.90 Å². The molecule has 0 saturated heterocycles. The van der Waals surface area contributed by atoms with E-state index < -0.39 is 9.84 Å². The highest BCUT2D eigenvalue weighted by atomic mass is 32.2. The van der Waals surface area contributed by atoms with Crippen LogP contribution < -0.4 is 15.4 Å². The van der Waals surface area contributed by atoms with Crippen LogP contribution >= 0.6 is 0 Å². The van der Waals surface area contributed by atoms with Gasteiger partial charge in [-0.25, -0.2) is 8.42 Å². The number of nitrogens with one attached hydrogen (secondary N) is 2. The zero-order valence-electron chi connectivity index (χ0n) is 12.2. The summed E-state index contributed by atoms with van der Waals surface area (Å²) < 4.78 is 28.9. The number of benzene rings is 1. The Labute approximate surface area is 125 Å². The van der Waals surface area contributed by atoms with Crippen LogP contribution in [-0.2, 0) is 14.6 Å². The molecular weight excluding hydrogens is 292 g/mol. The molecule has 2 N–H and O–H groups in total. The summed E-state index contributed by atoms with van der Waals surface area (Å²) in [5.74, 6) is 0.0149. The summed E-state index contributed by atoms with van der Waals surface area (Å²) in [5.41, 5.74) is 0.466. The molecule has 0 aliphatic carbocycles. The molecule has 0 aliphatic rings. The van der Waals surface area contributed by atoms with E-state index >= 15 is 0 Å². The molecule has 1 aromatic rings. The second-order valence-electron chi connectivity index (χ2n) is 4.28. The molecule has 0 aliphatic heterocycles. The maximum absolute atomic E-state index is 11.8. The minimum absolute atomic E-state index is 0.0150. The summed E-state index contributed by atoms with van der Waals surface area (Å²) in [5, 5.41) is 5.50. The molecule has 21 heavy (non-hydrogen) atoms. The monoisotopic (exact) mass is 312 g/mol. The number of hydrogen-bond donors (Lipinski definition) is 2. The van der Waals surface area contributed by atoms with E-state index in [4.69, 9.17) is 4.74 Å². The molecule has 0 spiro atoms. The van der Waals surface area contributed by atoms with Crippen LogP contribution in [0.3, 0.4) is 0 Å². The van der Waals surface area contributed by atoms with Crippen molar-refractivity contribution in [3.05, 3.63) is 30.9 Å². The summed E-state index contributed by atoms with van der Waals surface area (Å²) in [7, 11) is -3.41. The molecule has 7 heteroatoms. The number of sulfone groups is 1. The Bertz CT molecular complexity index is 611. The lowest BCUT2D eigenvalue weighted by Crippen LogP contribution is -2.29. The number of carbonyl (C=O) groups excluding carboxylic acids is 1. The third kappa shape index (κ3) is 5.11. The normalized spacial score (nSPS) is 10.8. The average Bonchev–Trinajstić information content (AvgIpc) is 2.43. The molecule has 1 rings (SSSR count). The summed E-state index contributed by atoms with van der Waals surface area (Å²) in [6.45, 7) is 5.99. The van der Waals surface area contributed by atoms with Crippen LogP contribution in [0.2, 0.25) is 0 Å². The second-order valence-corrected chi connectivity index (χ2v) is 6.27. The number of carbonyl (C=O) groups is 1. The molecule has 0 unspecified atom stereocenters. The largest absolute Gasteiger partial charge is 0.490 e. The molecule has 0 aromatic heterocycles. The Hall–Kier alpha value is -2.02. The molecular formula is C14H20N2O4S. The second kappa shape index (κ2) is 7.68. The van der Waals surface area contributed by atoms with Crippen molar-refractivity contribution in [1.82, 2.24) is 5.32 Å². The van der Waals surface area contributed by atoms with Crippen LogP contribution in [0, 0.1) is 0 Å². The Balaban J connectivity index is 2.96. The van der Waals surface area contributed by atoms with E-state index in [9.17, 15) is 13.2 Å². The third-order valence-corrected chi connectivity index (χ3v) is 3.67. The molecule has 0 atom stereocenters. The fourth-order valence-corrected chi connectivity index (χ4v) is 2.50. The van der Waals surface area contributed by atoms with Crippen molar-refractivity contribution in [3.8, 4) is 5.75 Å². The van der Waals surface area contributed by atoms with E-state index in [-0.39, 0.29) is 23.1 Å². The molecule has 0 saturated carbocycles. The first kappa shape index (κ1) is 17.0. The summed E-state index contributed by atoms with van der Waals surface area (Å²) in [6.07, 6.45) is 2.69. The molecule has 0 heterocycles. The van der Waals surface area contributed by atoms with Gasteiger partial charge in [0.2, 0.25) is 5.91 Å². The third-order valence-electron chi connectivity index (χ3n) is 2.55. The topological polar surface area (TPSA) is 84.5 Å². The minimum Gasteiger partial charge on any atom is -0.490 e. The Kier molecular flexibility index (Phi) is 6.23. The summed E-state index contributed by atoms with van der Waals surface area (Å²) >= 11 is 0. The van der Waals surface area contributed by atoms with Crippen molar-refractivity contribution in [2.45, 2.75) is 11.8 Å². The highest BCUT2D eigenvalue weighted by Crippen LogP contribution is 2.32. The number of ether oxygens (including phenoxy) is 1. The van der Waals surface area contributed by atoms with Crippen molar-refractivity contribution >= 4 is 21.4 Å². The smallest absolute Gasteiger partial charge is 0.239 e. The van der Waals surface area contributed by atoms with E-state index in [0.29, 0.717) is 18.8 Å². The van der Waals surface area contributed by atoms with Gasteiger partial charge in [-0.1, -0.05) is 12.1 Å². The van der Waals surface area contributed by atoms with Crippen molar-refractivity contribution in [2.24, 2.45) is 0 Å². The lowest BCUT2D eigenvalue weighted by Gasteiger charge is -2.15. The van der Waals surface area contributed by atoms with Crippen LogP contribution in [0.25, 0.3) is 0 Å². The fourth-order valence-electron chi connectivity index (χ4n) is 1.66. The number of para-hydroxylation sites is 1. The Morgan fingerprint density at radius 1 is 1.43 bits per heavy atom. The molecule has 116 valence electrons. The maximum atomic E-state index is 11.8. The van der Waals surface area contributed by atoms with Gasteiger partial charge in [0.05, 0.1) is 18.8 Å². The molecule has 6 nitrogen and oxygen atoms in total. The van der Waals surface area contributed by atoms with E-state index in [0.717, 1.165) is 6.26 Å². The predicted molar refractivity (Wildman–Crippen MR) is 82.4 cm³/mol. The number of amides is 1. The van der Waals surface area contributed by atoms with Gasteiger partial charge < -0.3 is 15.4 Å². The number of anilines is 1. The van der Waals surface area contributed by atoms with Gasteiger partial charge in [0.25, 0.3) is 0 Å². The average molecular weight is 312 g/mol. The van der Waals surface area contributed by atoms with Gasteiger partial charge in [0, 0.05) is 12.8 Å². The van der Waals surface area contributed by atoms with E-state index in [1.807, 2.05) is 0 Å². The molecule has 1 amide bonds. The van der Waals surface area contributed by atoms with Gasteiger partial charge in [-0.2, -0.15) is 0 Å². The molecule has 0 radical (unpaired) electrons. The van der Waals surface area contributed by atoms with Crippen LogP contribution in [-0.4, -0.2) is 40.3 Å². The zero-order chi connectivity index (χ0) is 15.9. The Morgan fingerprint density at radius 3 is 2.71 bits per heavy atom. The minimum atomic E-state index is -3.41. The lowest BCUT2D eigenvalue weighted by atomic mass is 10.3. The van der Waals surface area contributed by atoms with Gasteiger partial charge in [0.15, 0.2) is 15.6 Å². The maximum Gasteiger partial charge on any atom is 0.239 e. The van der Waals surface area contributed by atoms with E-state index in [1.165, 1.54) is 6.07 Å². The first-order valence-electron chi connectivity index (χ1n) is 6.47.